The number of aliphatic hydroxyl groups is 1. The number of aromatic nitrogens is 2. The van der Waals surface area contributed by atoms with Crippen molar-refractivity contribution in [2.24, 2.45) is 5.73 Å². The molecule has 0 aliphatic heterocycles. The lowest BCUT2D eigenvalue weighted by Gasteiger charge is -2.34. The number of aliphatic hydroxyl groups excluding tert-OH is 1. The molecule has 1 saturated carbocycles. The van der Waals surface area contributed by atoms with Crippen molar-refractivity contribution in [3.63, 3.8) is 0 Å². The zero-order chi connectivity index (χ0) is 10.2. The van der Waals surface area contributed by atoms with Gasteiger partial charge in [0.2, 0.25) is 0 Å². The van der Waals surface area contributed by atoms with Crippen molar-refractivity contribution in [1.29, 1.82) is 0 Å². The summed E-state index contributed by atoms with van der Waals surface area (Å²) >= 11 is 3.42. The number of hydrogen-bond donors (Lipinski definition) is 3. The number of aromatic amines is 1. The zero-order valence-electron chi connectivity index (χ0n) is 7.83. The van der Waals surface area contributed by atoms with E-state index in [1.807, 2.05) is 0 Å². The SMILES string of the molecule is NC1(c2[nH]ncc2Br)CCC(O)CC1. The minimum atomic E-state index is -0.353. The van der Waals surface area contributed by atoms with Crippen LogP contribution in [-0.2, 0) is 5.54 Å². The minimum Gasteiger partial charge on any atom is -0.393 e. The fourth-order valence-corrected chi connectivity index (χ4v) is 2.57. The second kappa shape index (κ2) is 3.64. The van der Waals surface area contributed by atoms with E-state index >= 15 is 0 Å². The van der Waals surface area contributed by atoms with Crippen molar-refractivity contribution < 1.29 is 5.11 Å². The average molecular weight is 260 g/mol. The van der Waals surface area contributed by atoms with Gasteiger partial charge >= 0.3 is 0 Å². The van der Waals surface area contributed by atoms with Gasteiger partial charge in [-0.2, -0.15) is 5.10 Å². The number of nitrogens with two attached hydrogens (primary N) is 1. The highest BCUT2D eigenvalue weighted by Gasteiger charge is 2.35. The van der Waals surface area contributed by atoms with Gasteiger partial charge in [0.15, 0.2) is 0 Å². The van der Waals surface area contributed by atoms with Crippen molar-refractivity contribution in [1.82, 2.24) is 10.2 Å². The smallest absolute Gasteiger partial charge is 0.0692 e. The topological polar surface area (TPSA) is 74.9 Å². The molecular weight excluding hydrogens is 246 g/mol. The van der Waals surface area contributed by atoms with Crippen LogP contribution in [0.3, 0.4) is 0 Å². The summed E-state index contributed by atoms with van der Waals surface area (Å²) in [4.78, 5) is 0. The molecule has 1 aliphatic rings. The van der Waals surface area contributed by atoms with Gasteiger partial charge in [-0.05, 0) is 41.6 Å². The Kier molecular flexibility index (Phi) is 2.64. The maximum atomic E-state index is 9.42. The summed E-state index contributed by atoms with van der Waals surface area (Å²) in [6.07, 6.45) is 4.66. The highest BCUT2D eigenvalue weighted by Crippen LogP contribution is 2.36. The Balaban J connectivity index is 2.21. The Morgan fingerprint density at radius 1 is 1.57 bits per heavy atom. The van der Waals surface area contributed by atoms with Crippen molar-refractivity contribution in [3.8, 4) is 0 Å². The highest BCUT2D eigenvalue weighted by atomic mass is 79.9. The molecule has 1 aromatic rings. The van der Waals surface area contributed by atoms with Crippen LogP contribution in [0.15, 0.2) is 10.7 Å². The van der Waals surface area contributed by atoms with E-state index in [-0.39, 0.29) is 11.6 Å². The van der Waals surface area contributed by atoms with Crippen LogP contribution in [0.25, 0.3) is 0 Å². The Morgan fingerprint density at radius 2 is 2.21 bits per heavy atom. The number of nitrogens with zero attached hydrogens (tertiary/aromatic N) is 1. The molecule has 1 aliphatic carbocycles. The van der Waals surface area contributed by atoms with Gasteiger partial charge in [0, 0.05) is 0 Å². The molecule has 2 rings (SSSR count). The summed E-state index contributed by atoms with van der Waals surface area (Å²) in [7, 11) is 0. The van der Waals surface area contributed by atoms with Crippen LogP contribution in [0.2, 0.25) is 0 Å². The number of H-pyrrole nitrogens is 1. The van der Waals surface area contributed by atoms with Crippen molar-refractivity contribution >= 4 is 15.9 Å². The lowest BCUT2D eigenvalue weighted by Crippen LogP contribution is -2.42. The summed E-state index contributed by atoms with van der Waals surface area (Å²) in [6.45, 7) is 0. The molecular formula is C9H14BrN3O. The third kappa shape index (κ3) is 1.71. The molecule has 0 aromatic carbocycles. The van der Waals surface area contributed by atoms with Crippen molar-refractivity contribution in [2.45, 2.75) is 37.3 Å². The minimum absolute atomic E-state index is 0.187. The average Bonchev–Trinajstić information content (AvgIpc) is 2.58. The maximum Gasteiger partial charge on any atom is 0.0692 e. The fraction of sp³-hybridized carbons (Fsp3) is 0.667. The van der Waals surface area contributed by atoms with Gasteiger partial charge in [-0.1, -0.05) is 0 Å². The van der Waals surface area contributed by atoms with Crippen LogP contribution in [0.5, 0.6) is 0 Å². The zero-order valence-corrected chi connectivity index (χ0v) is 9.42. The molecule has 5 heteroatoms. The summed E-state index contributed by atoms with van der Waals surface area (Å²) < 4.78 is 0.927. The monoisotopic (exact) mass is 259 g/mol. The Morgan fingerprint density at radius 3 is 2.71 bits per heavy atom. The first-order valence-corrected chi connectivity index (χ1v) is 5.57. The third-order valence-electron chi connectivity index (χ3n) is 2.94. The fourth-order valence-electron chi connectivity index (χ4n) is 1.99. The molecule has 14 heavy (non-hydrogen) atoms. The number of rotatable bonds is 1. The van der Waals surface area contributed by atoms with E-state index < -0.39 is 0 Å². The third-order valence-corrected chi connectivity index (χ3v) is 3.54. The lowest BCUT2D eigenvalue weighted by atomic mass is 9.79. The largest absolute Gasteiger partial charge is 0.393 e. The first-order chi connectivity index (χ1) is 6.62. The molecule has 4 nitrogen and oxygen atoms in total. The van der Waals surface area contributed by atoms with Gasteiger partial charge in [-0.15, -0.1) is 0 Å². The number of halogens is 1. The second-order valence-electron chi connectivity index (χ2n) is 3.98. The molecule has 1 aromatic heterocycles. The van der Waals surface area contributed by atoms with Gasteiger partial charge in [0.1, 0.15) is 0 Å². The summed E-state index contributed by atoms with van der Waals surface area (Å²) in [5.41, 5.74) is 6.87. The standard InChI is InChI=1S/C9H14BrN3O/c10-7-5-12-13-8(7)9(11)3-1-6(14)2-4-9/h5-6,14H,1-4,11H2,(H,12,13). The van der Waals surface area contributed by atoms with Crippen LogP contribution in [0.1, 0.15) is 31.4 Å². The molecule has 0 unspecified atom stereocenters. The van der Waals surface area contributed by atoms with Crippen molar-refractivity contribution in [3.05, 3.63) is 16.4 Å². The molecule has 0 spiro atoms. The normalized spacial score (nSPS) is 33.2. The molecule has 0 atom stereocenters. The molecule has 0 radical (unpaired) electrons. The van der Waals surface area contributed by atoms with Crippen molar-refractivity contribution in [2.75, 3.05) is 0 Å². The maximum absolute atomic E-state index is 9.42. The van der Waals surface area contributed by atoms with Gasteiger partial charge in [-0.25, -0.2) is 0 Å². The summed E-state index contributed by atoms with van der Waals surface area (Å²) in [6, 6.07) is 0. The van der Waals surface area contributed by atoms with Gasteiger partial charge in [0.25, 0.3) is 0 Å². The number of hydrogen-bond acceptors (Lipinski definition) is 3. The van der Waals surface area contributed by atoms with Crippen LogP contribution in [0.4, 0.5) is 0 Å². The predicted molar refractivity (Wildman–Crippen MR) is 56.6 cm³/mol. The first-order valence-electron chi connectivity index (χ1n) is 4.78. The summed E-state index contributed by atoms with van der Waals surface area (Å²) in [5, 5.41) is 16.3. The van der Waals surface area contributed by atoms with Gasteiger partial charge in [0.05, 0.1) is 28.0 Å². The molecule has 0 amide bonds. The number of nitrogens with one attached hydrogen (secondary N) is 1. The Hall–Kier alpha value is -0.390. The molecule has 1 fully saturated rings. The highest BCUT2D eigenvalue weighted by molar-refractivity contribution is 9.10. The molecule has 0 bridgehead atoms. The molecule has 78 valence electrons. The lowest BCUT2D eigenvalue weighted by molar-refractivity contribution is 0.0954. The van der Waals surface area contributed by atoms with Gasteiger partial charge in [-0.3, -0.25) is 5.10 Å². The van der Waals surface area contributed by atoms with Crippen LogP contribution in [0, 0.1) is 0 Å². The molecule has 4 N–H and O–H groups in total. The molecule has 1 heterocycles. The van der Waals surface area contributed by atoms with E-state index in [4.69, 9.17) is 5.73 Å². The predicted octanol–water partition coefficient (Wildman–Crippen LogP) is 1.26. The van der Waals surface area contributed by atoms with E-state index in [2.05, 4.69) is 26.1 Å². The van der Waals surface area contributed by atoms with E-state index in [0.717, 1.165) is 35.8 Å². The van der Waals surface area contributed by atoms with Gasteiger partial charge < -0.3 is 10.8 Å². The summed E-state index contributed by atoms with van der Waals surface area (Å²) in [5.74, 6) is 0. The van der Waals surface area contributed by atoms with E-state index in [0.29, 0.717) is 0 Å². The quantitative estimate of drug-likeness (QED) is 0.711. The van der Waals surface area contributed by atoms with E-state index in [9.17, 15) is 5.11 Å². The van der Waals surface area contributed by atoms with Crippen LogP contribution < -0.4 is 5.73 Å². The van der Waals surface area contributed by atoms with Crippen LogP contribution in [-0.4, -0.2) is 21.4 Å². The van der Waals surface area contributed by atoms with E-state index in [1.54, 1.807) is 6.20 Å². The first kappa shape index (κ1) is 10.1. The van der Waals surface area contributed by atoms with E-state index in [1.165, 1.54) is 0 Å². The molecule has 0 saturated heterocycles. The Labute approximate surface area is 91.0 Å². The second-order valence-corrected chi connectivity index (χ2v) is 4.83. The Bertz CT molecular complexity index is 318. The van der Waals surface area contributed by atoms with Crippen LogP contribution >= 0.6 is 15.9 Å².